The van der Waals surface area contributed by atoms with Gasteiger partial charge in [0.25, 0.3) is 11.8 Å². The minimum Gasteiger partial charge on any atom is -0.491 e. The minimum atomic E-state index is -0.178. The van der Waals surface area contributed by atoms with E-state index in [0.29, 0.717) is 49.1 Å². The van der Waals surface area contributed by atoms with E-state index in [4.69, 9.17) is 18.9 Å². The van der Waals surface area contributed by atoms with Gasteiger partial charge in [-0.25, -0.2) is 0 Å². The van der Waals surface area contributed by atoms with E-state index < -0.39 is 0 Å². The van der Waals surface area contributed by atoms with Crippen molar-refractivity contribution in [3.05, 3.63) is 120 Å². The zero-order valence-electron chi connectivity index (χ0n) is 24.0. The van der Waals surface area contributed by atoms with E-state index >= 15 is 0 Å². The topological polar surface area (TPSA) is 77.5 Å². The number of carbonyl (C=O) groups is 2. The van der Waals surface area contributed by atoms with E-state index in [1.165, 1.54) is 0 Å². The van der Waals surface area contributed by atoms with Crippen LogP contribution in [0.25, 0.3) is 0 Å². The van der Waals surface area contributed by atoms with Crippen LogP contribution in [0.1, 0.15) is 20.7 Å². The van der Waals surface area contributed by atoms with Gasteiger partial charge in [-0.1, -0.05) is 36.4 Å². The van der Waals surface area contributed by atoms with E-state index in [1.807, 2.05) is 60.7 Å². The first-order chi connectivity index (χ1) is 20.6. The van der Waals surface area contributed by atoms with Crippen LogP contribution in [0.15, 0.2) is 109 Å². The van der Waals surface area contributed by atoms with Gasteiger partial charge < -0.3 is 28.7 Å². The lowest BCUT2D eigenvalue weighted by Gasteiger charge is -2.28. The lowest BCUT2D eigenvalue weighted by molar-refractivity contribution is 0.0968. The van der Waals surface area contributed by atoms with Gasteiger partial charge in [0.05, 0.1) is 13.2 Å². The average Bonchev–Trinajstić information content (AvgIpc) is 3.04. The number of carbonyl (C=O) groups excluding carboxylic acids is 2. The van der Waals surface area contributed by atoms with Crippen molar-refractivity contribution in [2.24, 2.45) is 0 Å². The van der Waals surface area contributed by atoms with Crippen molar-refractivity contribution in [2.75, 3.05) is 63.5 Å². The van der Waals surface area contributed by atoms with E-state index in [-0.39, 0.29) is 24.9 Å². The largest absolute Gasteiger partial charge is 0.491 e. The highest BCUT2D eigenvalue weighted by Gasteiger charge is 2.23. The summed E-state index contributed by atoms with van der Waals surface area (Å²) in [4.78, 5) is 31.0. The molecule has 0 spiro atoms. The predicted molar refractivity (Wildman–Crippen MR) is 164 cm³/mol. The second-order valence-corrected chi connectivity index (χ2v) is 9.32. The maximum absolute atomic E-state index is 13.8. The van der Waals surface area contributed by atoms with E-state index in [0.717, 1.165) is 11.4 Å². The smallest absolute Gasteiger partial charge is 0.258 e. The number of ether oxygens (including phenoxy) is 4. The summed E-state index contributed by atoms with van der Waals surface area (Å²) in [6.07, 6.45) is 0. The van der Waals surface area contributed by atoms with Crippen LogP contribution in [-0.2, 0) is 9.47 Å². The molecular formula is C34H36N2O6. The zero-order valence-corrected chi connectivity index (χ0v) is 24.0. The molecule has 2 amide bonds. The van der Waals surface area contributed by atoms with Crippen molar-refractivity contribution in [1.82, 2.24) is 0 Å². The van der Waals surface area contributed by atoms with Crippen molar-refractivity contribution >= 4 is 23.2 Å². The van der Waals surface area contributed by atoms with Crippen molar-refractivity contribution in [1.29, 1.82) is 0 Å². The van der Waals surface area contributed by atoms with Crippen LogP contribution < -0.4 is 19.3 Å². The maximum atomic E-state index is 13.8. The maximum Gasteiger partial charge on any atom is 0.258 e. The Bertz CT molecular complexity index is 1270. The van der Waals surface area contributed by atoms with Crippen LogP contribution in [0.4, 0.5) is 11.4 Å². The summed E-state index contributed by atoms with van der Waals surface area (Å²) in [5.41, 5.74) is 2.50. The SMILES string of the molecule is COCCOc1ccc(C(=O)N(CCN(C(=O)c2ccc(OCCOC)cc2)c2ccccc2)c2ccccc2)cc1. The van der Waals surface area contributed by atoms with Gasteiger partial charge in [-0.3, -0.25) is 9.59 Å². The standard InChI is InChI=1S/C34H36N2O6/c1-39-23-25-41-31-17-13-27(14-18-31)33(37)35(29-9-5-3-6-10-29)21-22-36(30-11-7-4-8-12-30)34(38)28-15-19-32(20-16-28)42-26-24-40-2/h3-20H,21-26H2,1-2H3. The molecule has 4 rings (SSSR count). The molecule has 8 heteroatoms. The highest BCUT2D eigenvalue weighted by Crippen LogP contribution is 2.22. The molecular weight excluding hydrogens is 532 g/mol. The van der Waals surface area contributed by atoms with Gasteiger partial charge in [-0.15, -0.1) is 0 Å². The first-order valence-electron chi connectivity index (χ1n) is 13.8. The van der Waals surface area contributed by atoms with E-state index in [9.17, 15) is 9.59 Å². The van der Waals surface area contributed by atoms with Gasteiger partial charge >= 0.3 is 0 Å². The van der Waals surface area contributed by atoms with Crippen LogP contribution in [0.3, 0.4) is 0 Å². The van der Waals surface area contributed by atoms with Gasteiger partial charge in [-0.2, -0.15) is 0 Å². The molecule has 218 valence electrons. The Morgan fingerprint density at radius 1 is 0.500 bits per heavy atom. The van der Waals surface area contributed by atoms with Crippen molar-refractivity contribution in [3.8, 4) is 11.5 Å². The molecule has 0 saturated heterocycles. The molecule has 4 aromatic carbocycles. The molecule has 0 atom stereocenters. The summed E-state index contributed by atoms with van der Waals surface area (Å²) in [5.74, 6) is 0.960. The number of rotatable bonds is 15. The Balaban J connectivity index is 1.55. The summed E-state index contributed by atoms with van der Waals surface area (Å²) in [6.45, 7) is 2.35. The normalized spacial score (nSPS) is 10.6. The fourth-order valence-corrected chi connectivity index (χ4v) is 4.30. The molecule has 0 aliphatic carbocycles. The second kappa shape index (κ2) is 16.0. The van der Waals surface area contributed by atoms with Gasteiger partial charge in [0.15, 0.2) is 0 Å². The van der Waals surface area contributed by atoms with Crippen LogP contribution in [0, 0.1) is 0 Å². The molecule has 0 N–H and O–H groups in total. The molecule has 0 unspecified atom stereocenters. The number of amides is 2. The zero-order chi connectivity index (χ0) is 29.6. The lowest BCUT2D eigenvalue weighted by Crippen LogP contribution is -2.41. The molecule has 0 saturated carbocycles. The van der Waals surface area contributed by atoms with Gasteiger partial charge in [-0.05, 0) is 72.8 Å². The molecule has 4 aromatic rings. The van der Waals surface area contributed by atoms with Crippen LogP contribution in [0.5, 0.6) is 11.5 Å². The van der Waals surface area contributed by atoms with Crippen molar-refractivity contribution in [2.45, 2.75) is 0 Å². The highest BCUT2D eigenvalue weighted by atomic mass is 16.5. The van der Waals surface area contributed by atoms with Crippen molar-refractivity contribution in [3.63, 3.8) is 0 Å². The van der Waals surface area contributed by atoms with Crippen LogP contribution >= 0.6 is 0 Å². The van der Waals surface area contributed by atoms with Crippen LogP contribution in [-0.4, -0.2) is 65.6 Å². The number of benzene rings is 4. The number of methoxy groups -OCH3 is 2. The van der Waals surface area contributed by atoms with E-state index in [1.54, 1.807) is 72.6 Å². The van der Waals surface area contributed by atoms with E-state index in [2.05, 4.69) is 0 Å². The number of anilines is 2. The molecule has 0 heterocycles. The average molecular weight is 569 g/mol. The molecule has 0 fully saturated rings. The Morgan fingerprint density at radius 2 is 0.857 bits per heavy atom. The summed E-state index contributed by atoms with van der Waals surface area (Å²) >= 11 is 0. The first-order valence-corrected chi connectivity index (χ1v) is 13.8. The predicted octanol–water partition coefficient (Wildman–Crippen LogP) is 5.73. The summed E-state index contributed by atoms with van der Waals surface area (Å²) < 4.78 is 21.4. The molecule has 0 aromatic heterocycles. The Morgan fingerprint density at radius 3 is 1.19 bits per heavy atom. The Hall–Kier alpha value is -4.66. The molecule has 0 aliphatic rings. The highest BCUT2D eigenvalue weighted by molar-refractivity contribution is 6.08. The third-order valence-electron chi connectivity index (χ3n) is 6.49. The monoisotopic (exact) mass is 568 g/mol. The third kappa shape index (κ3) is 8.42. The van der Waals surface area contributed by atoms with Crippen LogP contribution in [0.2, 0.25) is 0 Å². The molecule has 0 bridgehead atoms. The fraction of sp³-hybridized carbons (Fsp3) is 0.235. The third-order valence-corrected chi connectivity index (χ3v) is 6.49. The number of nitrogens with zero attached hydrogens (tertiary/aromatic N) is 2. The molecule has 0 aliphatic heterocycles. The summed E-state index contributed by atoms with van der Waals surface area (Å²) in [7, 11) is 3.23. The fourth-order valence-electron chi connectivity index (χ4n) is 4.30. The summed E-state index contributed by atoms with van der Waals surface area (Å²) in [6, 6.07) is 33.0. The molecule has 8 nitrogen and oxygen atoms in total. The van der Waals surface area contributed by atoms with Gasteiger partial charge in [0.2, 0.25) is 0 Å². The lowest BCUT2D eigenvalue weighted by atomic mass is 10.1. The van der Waals surface area contributed by atoms with Gasteiger partial charge in [0.1, 0.15) is 24.7 Å². The number of hydrogen-bond donors (Lipinski definition) is 0. The second-order valence-electron chi connectivity index (χ2n) is 9.32. The quantitative estimate of drug-likeness (QED) is 0.171. The summed E-state index contributed by atoms with van der Waals surface area (Å²) in [5, 5.41) is 0. The number of hydrogen-bond acceptors (Lipinski definition) is 6. The first kappa shape index (κ1) is 30.3. The van der Waals surface area contributed by atoms with Crippen molar-refractivity contribution < 1.29 is 28.5 Å². The minimum absolute atomic E-state index is 0.178. The Kier molecular flexibility index (Phi) is 11.5. The number of para-hydroxylation sites is 2. The molecule has 0 radical (unpaired) electrons. The molecule has 42 heavy (non-hydrogen) atoms. The van der Waals surface area contributed by atoms with Gasteiger partial charge in [0, 0.05) is 49.8 Å². The Labute approximate surface area is 247 Å².